The number of amides is 1. The smallest absolute Gasteiger partial charge is 0.224 e. The number of halogens is 1. The Labute approximate surface area is 115 Å². The van der Waals surface area contributed by atoms with E-state index < -0.39 is 0 Å². The molecule has 1 atom stereocenters. The quantitative estimate of drug-likeness (QED) is 0.870. The molecule has 1 aliphatic carbocycles. The normalized spacial score (nSPS) is 15.7. The number of carbonyl (C=O) groups is 1. The standard InChI is InChI=1S/C14H20N2O.ClH/c1-10(9-15-2)14(17)16-13-7-11-5-3-4-6-12(11)8-13;/h3-6,10,13,15H,7-9H2,1-2H3,(H,16,17);1H. The van der Waals surface area contributed by atoms with E-state index in [0.717, 1.165) is 19.4 Å². The van der Waals surface area contributed by atoms with Crippen LogP contribution in [0.1, 0.15) is 18.1 Å². The third kappa shape index (κ3) is 3.47. The van der Waals surface area contributed by atoms with Gasteiger partial charge in [0.15, 0.2) is 0 Å². The van der Waals surface area contributed by atoms with Crippen molar-refractivity contribution in [1.82, 2.24) is 10.6 Å². The van der Waals surface area contributed by atoms with Crippen molar-refractivity contribution in [2.45, 2.75) is 25.8 Å². The summed E-state index contributed by atoms with van der Waals surface area (Å²) in [7, 11) is 1.87. The molecule has 3 nitrogen and oxygen atoms in total. The molecule has 1 aromatic carbocycles. The van der Waals surface area contributed by atoms with Gasteiger partial charge in [0.1, 0.15) is 0 Å². The first kappa shape index (κ1) is 15.0. The van der Waals surface area contributed by atoms with Gasteiger partial charge in [-0.3, -0.25) is 4.79 Å². The third-order valence-corrected chi connectivity index (χ3v) is 3.36. The molecule has 0 saturated carbocycles. The van der Waals surface area contributed by atoms with Crippen LogP contribution in [0.3, 0.4) is 0 Å². The van der Waals surface area contributed by atoms with Crippen LogP contribution in [0.15, 0.2) is 24.3 Å². The van der Waals surface area contributed by atoms with Crippen LogP contribution in [-0.2, 0) is 17.6 Å². The molecule has 0 fully saturated rings. The Kier molecular flexibility index (Phi) is 5.63. The van der Waals surface area contributed by atoms with E-state index in [-0.39, 0.29) is 30.3 Å². The average molecular weight is 269 g/mol. The SMILES string of the molecule is CNCC(C)C(=O)NC1Cc2ccccc2C1.Cl. The minimum Gasteiger partial charge on any atom is -0.352 e. The summed E-state index contributed by atoms with van der Waals surface area (Å²) in [4.78, 5) is 11.9. The molecule has 1 unspecified atom stereocenters. The lowest BCUT2D eigenvalue weighted by molar-refractivity contribution is -0.125. The van der Waals surface area contributed by atoms with Crippen LogP contribution in [-0.4, -0.2) is 25.5 Å². The minimum absolute atomic E-state index is 0. The second-order valence-electron chi connectivity index (χ2n) is 4.84. The Balaban J connectivity index is 0.00000162. The summed E-state index contributed by atoms with van der Waals surface area (Å²) in [6, 6.07) is 8.70. The van der Waals surface area contributed by atoms with Gasteiger partial charge in [-0.2, -0.15) is 0 Å². The molecule has 2 N–H and O–H groups in total. The topological polar surface area (TPSA) is 41.1 Å². The van der Waals surface area contributed by atoms with Crippen molar-refractivity contribution in [3.05, 3.63) is 35.4 Å². The molecule has 0 spiro atoms. The maximum absolute atomic E-state index is 11.9. The van der Waals surface area contributed by atoms with E-state index >= 15 is 0 Å². The van der Waals surface area contributed by atoms with Gasteiger partial charge in [-0.1, -0.05) is 31.2 Å². The summed E-state index contributed by atoms with van der Waals surface area (Å²) < 4.78 is 0. The first-order valence-corrected chi connectivity index (χ1v) is 6.22. The number of carbonyl (C=O) groups excluding carboxylic acids is 1. The number of hydrogen-bond donors (Lipinski definition) is 2. The molecule has 2 rings (SSSR count). The Morgan fingerprint density at radius 2 is 1.89 bits per heavy atom. The summed E-state index contributed by atoms with van der Waals surface area (Å²) in [5, 5.41) is 6.16. The second kappa shape index (κ2) is 6.76. The van der Waals surface area contributed by atoms with E-state index in [2.05, 4.69) is 34.9 Å². The van der Waals surface area contributed by atoms with E-state index in [1.54, 1.807) is 0 Å². The van der Waals surface area contributed by atoms with Gasteiger partial charge in [0.25, 0.3) is 0 Å². The van der Waals surface area contributed by atoms with Gasteiger partial charge in [0.05, 0.1) is 0 Å². The number of benzene rings is 1. The van der Waals surface area contributed by atoms with E-state index in [1.165, 1.54) is 11.1 Å². The summed E-state index contributed by atoms with van der Waals surface area (Å²) in [6.45, 7) is 2.68. The highest BCUT2D eigenvalue weighted by molar-refractivity contribution is 5.85. The number of fused-ring (bicyclic) bond motifs is 1. The van der Waals surface area contributed by atoms with Crippen molar-refractivity contribution in [2.24, 2.45) is 5.92 Å². The molecule has 0 bridgehead atoms. The molecule has 0 saturated heterocycles. The van der Waals surface area contributed by atoms with E-state index in [4.69, 9.17) is 0 Å². The Morgan fingerprint density at radius 3 is 2.39 bits per heavy atom. The van der Waals surface area contributed by atoms with Gasteiger partial charge in [-0.15, -0.1) is 12.4 Å². The summed E-state index contributed by atoms with van der Waals surface area (Å²) in [6.07, 6.45) is 1.93. The molecule has 0 radical (unpaired) electrons. The molecule has 1 aliphatic rings. The fourth-order valence-corrected chi connectivity index (χ4v) is 2.40. The predicted molar refractivity (Wildman–Crippen MR) is 76.1 cm³/mol. The van der Waals surface area contributed by atoms with Gasteiger partial charge in [-0.05, 0) is 31.0 Å². The van der Waals surface area contributed by atoms with Gasteiger partial charge in [0, 0.05) is 18.5 Å². The number of nitrogens with one attached hydrogen (secondary N) is 2. The first-order chi connectivity index (χ1) is 8.20. The fraction of sp³-hybridized carbons (Fsp3) is 0.500. The molecule has 18 heavy (non-hydrogen) atoms. The molecule has 0 heterocycles. The number of rotatable bonds is 4. The molecular weight excluding hydrogens is 248 g/mol. The second-order valence-corrected chi connectivity index (χ2v) is 4.84. The van der Waals surface area contributed by atoms with E-state index in [9.17, 15) is 4.79 Å². The Morgan fingerprint density at radius 1 is 1.33 bits per heavy atom. The van der Waals surface area contributed by atoms with E-state index in [0.29, 0.717) is 0 Å². The van der Waals surface area contributed by atoms with Crippen molar-refractivity contribution in [2.75, 3.05) is 13.6 Å². The lowest BCUT2D eigenvalue weighted by Crippen LogP contribution is -2.41. The van der Waals surface area contributed by atoms with Crippen molar-refractivity contribution >= 4 is 18.3 Å². The maximum atomic E-state index is 11.9. The van der Waals surface area contributed by atoms with Gasteiger partial charge < -0.3 is 10.6 Å². The fourth-order valence-electron chi connectivity index (χ4n) is 2.40. The van der Waals surface area contributed by atoms with Crippen molar-refractivity contribution < 1.29 is 4.79 Å². The zero-order valence-electron chi connectivity index (χ0n) is 10.9. The van der Waals surface area contributed by atoms with Gasteiger partial charge >= 0.3 is 0 Å². The van der Waals surface area contributed by atoms with Crippen LogP contribution in [0.5, 0.6) is 0 Å². The molecule has 1 aromatic rings. The highest BCUT2D eigenvalue weighted by Crippen LogP contribution is 2.21. The molecule has 4 heteroatoms. The van der Waals surface area contributed by atoms with Crippen LogP contribution in [0.25, 0.3) is 0 Å². The predicted octanol–water partition coefficient (Wildman–Crippen LogP) is 1.55. The minimum atomic E-state index is 0. The summed E-state index contributed by atoms with van der Waals surface area (Å²) in [5.41, 5.74) is 2.75. The molecule has 100 valence electrons. The molecule has 0 aliphatic heterocycles. The van der Waals surface area contributed by atoms with Crippen LogP contribution >= 0.6 is 12.4 Å². The largest absolute Gasteiger partial charge is 0.352 e. The summed E-state index contributed by atoms with van der Waals surface area (Å²) in [5.74, 6) is 0.181. The lowest BCUT2D eigenvalue weighted by Gasteiger charge is -2.16. The monoisotopic (exact) mass is 268 g/mol. The zero-order chi connectivity index (χ0) is 12.3. The number of hydrogen-bond acceptors (Lipinski definition) is 2. The Bertz CT molecular complexity index is 384. The van der Waals surface area contributed by atoms with Crippen molar-refractivity contribution in [3.8, 4) is 0 Å². The highest BCUT2D eigenvalue weighted by Gasteiger charge is 2.23. The van der Waals surface area contributed by atoms with Crippen LogP contribution in [0.2, 0.25) is 0 Å². The molecule has 0 aromatic heterocycles. The maximum Gasteiger partial charge on any atom is 0.224 e. The summed E-state index contributed by atoms with van der Waals surface area (Å²) >= 11 is 0. The average Bonchev–Trinajstić information content (AvgIpc) is 2.71. The van der Waals surface area contributed by atoms with E-state index in [1.807, 2.05) is 14.0 Å². The zero-order valence-corrected chi connectivity index (χ0v) is 11.7. The van der Waals surface area contributed by atoms with Crippen molar-refractivity contribution in [3.63, 3.8) is 0 Å². The van der Waals surface area contributed by atoms with Crippen LogP contribution in [0, 0.1) is 5.92 Å². The van der Waals surface area contributed by atoms with Crippen LogP contribution in [0.4, 0.5) is 0 Å². The Hall–Kier alpha value is -1.06. The van der Waals surface area contributed by atoms with Crippen LogP contribution < -0.4 is 10.6 Å². The third-order valence-electron chi connectivity index (χ3n) is 3.36. The molecular formula is C14H21ClN2O. The van der Waals surface area contributed by atoms with Crippen molar-refractivity contribution in [1.29, 1.82) is 0 Å². The molecule has 1 amide bonds. The highest BCUT2D eigenvalue weighted by atomic mass is 35.5. The van der Waals surface area contributed by atoms with Gasteiger partial charge in [0.2, 0.25) is 5.91 Å². The first-order valence-electron chi connectivity index (χ1n) is 6.22. The lowest BCUT2D eigenvalue weighted by atomic mass is 10.1. The van der Waals surface area contributed by atoms with Gasteiger partial charge in [-0.25, -0.2) is 0 Å².